The van der Waals surface area contributed by atoms with Crippen LogP contribution in [-0.4, -0.2) is 118 Å². The zero-order chi connectivity index (χ0) is 45.0. The number of imidazole rings is 2. The van der Waals surface area contributed by atoms with Gasteiger partial charge in [0, 0.05) is 60.6 Å². The number of aryl methyl sites for hydroxylation is 2. The highest BCUT2D eigenvalue weighted by Gasteiger charge is 2.38. The van der Waals surface area contributed by atoms with Crippen molar-refractivity contribution in [3.63, 3.8) is 0 Å². The molecule has 3 fully saturated rings. The number of pyridine rings is 1. The van der Waals surface area contributed by atoms with E-state index in [1.165, 1.54) is 39.0 Å². The normalized spacial score (nSPS) is 17.2. The molecule has 16 nitrogen and oxygen atoms in total. The van der Waals surface area contributed by atoms with Crippen LogP contribution in [0.1, 0.15) is 88.3 Å². The lowest BCUT2D eigenvalue weighted by atomic mass is 9.98. The van der Waals surface area contributed by atoms with Crippen molar-refractivity contribution >= 4 is 34.9 Å². The minimum absolute atomic E-state index is 0.0344. The number of hydrogen-bond donors (Lipinski definition) is 4. The minimum Gasteiger partial charge on any atom is -0.453 e. The fraction of sp³-hybridized carbons (Fsp3) is 0.479. The number of carbonyl (C=O) groups is 4. The first-order valence-corrected chi connectivity index (χ1v) is 22.6. The standard InChI is InChI=1S/C35H37N7O3.C8H14N2O3.C5H10O/c1-20(2)31(41-35(44)45-3)34(43)42-15-5-8-30(42)33-39-28-7-4-6-21-16-22(9-12-25(21)32(28)40-33)26-13-10-23-17-24(11-14-27(23)38-26)29-18-36-19-37-29;1-13-8(12)9-6-7(11)10-4-2-3-5-10;1-2-4-6-5-3-1/h9-14,16-20,30-31H,4-8,15H2,1-3H3,(H,36,37)(H,39,40)(H,41,44);2-6H2,1H3,(H,9,12);1-5H2. The molecule has 2 atom stereocenters. The molecule has 0 spiro atoms. The number of likely N-dealkylation sites (tertiary alicyclic amines) is 2. The number of aromatic nitrogens is 5. The SMILES string of the molecule is C1CCOCC1.COC(=O)NC(C(=O)N1CCCC1c1nc2c([nH]1)CCCc1cc(-c3ccc4cc(-c5cnc[nH]5)ccc4n3)ccc1-2)C(C)C.COC(=O)NCC(=O)N1CCCC1. The lowest BCUT2D eigenvalue weighted by Crippen LogP contribution is -2.51. The van der Waals surface area contributed by atoms with Crippen LogP contribution < -0.4 is 10.6 Å². The molecule has 4 amide bonds. The van der Waals surface area contributed by atoms with Crippen LogP contribution in [0.2, 0.25) is 0 Å². The second-order valence-corrected chi connectivity index (χ2v) is 16.9. The van der Waals surface area contributed by atoms with E-state index in [2.05, 4.69) is 78.9 Å². The predicted molar refractivity (Wildman–Crippen MR) is 243 cm³/mol. The summed E-state index contributed by atoms with van der Waals surface area (Å²) in [5.74, 6) is 0.593. The zero-order valence-electron chi connectivity index (χ0n) is 37.4. The summed E-state index contributed by atoms with van der Waals surface area (Å²) >= 11 is 0. The van der Waals surface area contributed by atoms with Crippen molar-refractivity contribution in [3.05, 3.63) is 78.1 Å². The number of methoxy groups -OCH3 is 2. The molecule has 4 N–H and O–H groups in total. The van der Waals surface area contributed by atoms with Gasteiger partial charge in [-0.05, 0) is 100.0 Å². The van der Waals surface area contributed by atoms with Crippen molar-refractivity contribution in [2.45, 2.75) is 90.1 Å². The van der Waals surface area contributed by atoms with Crippen LogP contribution in [0.3, 0.4) is 0 Å². The largest absolute Gasteiger partial charge is 0.453 e. The fourth-order valence-electron chi connectivity index (χ4n) is 8.68. The van der Waals surface area contributed by atoms with Crippen LogP contribution in [0.4, 0.5) is 9.59 Å². The highest BCUT2D eigenvalue weighted by atomic mass is 16.5. The number of alkyl carbamates (subject to hydrolysis) is 2. The Labute approximate surface area is 374 Å². The molecule has 64 heavy (non-hydrogen) atoms. The number of amides is 4. The Balaban J connectivity index is 0.000000266. The van der Waals surface area contributed by atoms with Crippen LogP contribution in [-0.2, 0) is 36.6 Å². The van der Waals surface area contributed by atoms with Gasteiger partial charge >= 0.3 is 12.2 Å². The quantitative estimate of drug-likeness (QED) is 0.122. The number of carbonyl (C=O) groups excluding carboxylic acids is 4. The third-order valence-corrected chi connectivity index (χ3v) is 12.2. The van der Waals surface area contributed by atoms with E-state index in [-0.39, 0.29) is 30.3 Å². The Bertz CT molecular complexity index is 2360. The number of nitrogens with one attached hydrogen (secondary N) is 4. The maximum atomic E-state index is 13.6. The minimum atomic E-state index is -0.660. The molecule has 0 radical (unpaired) electrons. The number of hydrogen-bond acceptors (Lipinski definition) is 10. The number of rotatable bonds is 8. The zero-order valence-corrected chi connectivity index (χ0v) is 37.4. The summed E-state index contributed by atoms with van der Waals surface area (Å²) in [6.45, 7) is 8.13. The third kappa shape index (κ3) is 11.3. The maximum absolute atomic E-state index is 13.6. The topological polar surface area (TPSA) is 197 Å². The lowest BCUT2D eigenvalue weighted by Gasteiger charge is -2.30. The predicted octanol–water partition coefficient (Wildman–Crippen LogP) is 7.37. The molecule has 0 saturated carbocycles. The van der Waals surface area contributed by atoms with E-state index in [1.807, 2.05) is 24.9 Å². The Morgan fingerprint density at radius 1 is 0.844 bits per heavy atom. The maximum Gasteiger partial charge on any atom is 0.407 e. The number of benzene rings is 2. The average molecular weight is 876 g/mol. The Morgan fingerprint density at radius 3 is 2.31 bits per heavy atom. The highest BCUT2D eigenvalue weighted by Crippen LogP contribution is 2.38. The van der Waals surface area contributed by atoms with Crippen LogP contribution in [0.15, 0.2) is 61.1 Å². The third-order valence-electron chi connectivity index (χ3n) is 12.2. The summed E-state index contributed by atoms with van der Waals surface area (Å²) in [7, 11) is 2.58. The smallest absolute Gasteiger partial charge is 0.407 e. The first-order chi connectivity index (χ1) is 31.1. The Kier molecular flexibility index (Phi) is 15.6. The van der Waals surface area contributed by atoms with Crippen molar-refractivity contribution in [2.24, 2.45) is 5.92 Å². The molecule has 340 valence electrons. The van der Waals surface area contributed by atoms with E-state index >= 15 is 0 Å². The molecule has 9 rings (SSSR count). The summed E-state index contributed by atoms with van der Waals surface area (Å²) < 4.78 is 14.2. The molecular formula is C48H61N9O7. The average Bonchev–Trinajstić information content (AvgIpc) is 4.18. The number of aromatic amines is 2. The van der Waals surface area contributed by atoms with Crippen LogP contribution in [0, 0.1) is 5.92 Å². The molecule has 3 saturated heterocycles. The van der Waals surface area contributed by atoms with E-state index in [0.29, 0.717) is 6.54 Å². The van der Waals surface area contributed by atoms with E-state index in [0.717, 1.165) is 127 Å². The summed E-state index contributed by atoms with van der Waals surface area (Å²) in [4.78, 5) is 72.2. The van der Waals surface area contributed by atoms with E-state index in [9.17, 15) is 19.2 Å². The second kappa shape index (κ2) is 21.9. The summed E-state index contributed by atoms with van der Waals surface area (Å²) in [6.07, 6.45) is 12.9. The first-order valence-electron chi connectivity index (χ1n) is 22.6. The Morgan fingerprint density at radius 2 is 1.62 bits per heavy atom. The van der Waals surface area contributed by atoms with Gasteiger partial charge in [0.2, 0.25) is 11.8 Å². The van der Waals surface area contributed by atoms with Crippen molar-refractivity contribution in [2.75, 3.05) is 53.6 Å². The monoisotopic (exact) mass is 875 g/mol. The fourth-order valence-corrected chi connectivity index (χ4v) is 8.68. The summed E-state index contributed by atoms with van der Waals surface area (Å²) in [5, 5.41) is 6.16. The molecular weight excluding hydrogens is 815 g/mol. The van der Waals surface area contributed by atoms with E-state index in [4.69, 9.17) is 19.4 Å². The van der Waals surface area contributed by atoms with Gasteiger partial charge in [-0.1, -0.05) is 38.1 Å². The summed E-state index contributed by atoms with van der Waals surface area (Å²) in [6, 6.07) is 16.2. The van der Waals surface area contributed by atoms with Crippen molar-refractivity contribution < 1.29 is 33.4 Å². The summed E-state index contributed by atoms with van der Waals surface area (Å²) in [5.41, 5.74) is 9.48. The Hall–Kier alpha value is -6.29. The van der Waals surface area contributed by atoms with Crippen LogP contribution >= 0.6 is 0 Å². The van der Waals surface area contributed by atoms with Gasteiger partial charge in [-0.3, -0.25) is 9.59 Å². The van der Waals surface area contributed by atoms with Gasteiger partial charge in [-0.25, -0.2) is 24.5 Å². The van der Waals surface area contributed by atoms with Gasteiger partial charge in [0.1, 0.15) is 18.4 Å². The van der Waals surface area contributed by atoms with E-state index < -0.39 is 18.2 Å². The van der Waals surface area contributed by atoms with Gasteiger partial charge < -0.3 is 44.6 Å². The van der Waals surface area contributed by atoms with Gasteiger partial charge in [0.25, 0.3) is 0 Å². The number of H-pyrrole nitrogens is 2. The molecule has 3 aromatic heterocycles. The van der Waals surface area contributed by atoms with Crippen LogP contribution in [0.25, 0.3) is 44.7 Å². The molecule has 1 aliphatic carbocycles. The van der Waals surface area contributed by atoms with Crippen molar-refractivity contribution in [1.82, 2.24) is 45.4 Å². The van der Waals surface area contributed by atoms with Crippen molar-refractivity contribution in [1.29, 1.82) is 0 Å². The molecule has 2 unspecified atom stereocenters. The lowest BCUT2D eigenvalue weighted by molar-refractivity contribution is -0.135. The molecule has 5 aromatic rings. The molecule has 0 bridgehead atoms. The number of nitrogens with zero attached hydrogens (tertiary/aromatic N) is 5. The van der Waals surface area contributed by atoms with E-state index in [1.54, 1.807) is 11.2 Å². The first kappa shape index (κ1) is 45.7. The van der Waals surface area contributed by atoms with Gasteiger partial charge in [-0.2, -0.15) is 0 Å². The number of ether oxygens (including phenoxy) is 3. The molecule has 2 aromatic carbocycles. The van der Waals surface area contributed by atoms with Gasteiger partial charge in [0.15, 0.2) is 0 Å². The molecule has 16 heteroatoms. The van der Waals surface area contributed by atoms with Gasteiger partial charge in [0.05, 0.1) is 55.4 Å². The van der Waals surface area contributed by atoms with Gasteiger partial charge in [-0.15, -0.1) is 0 Å². The molecule has 4 aliphatic rings. The second-order valence-electron chi connectivity index (χ2n) is 16.9. The highest BCUT2D eigenvalue weighted by molar-refractivity contribution is 5.87. The van der Waals surface area contributed by atoms with Crippen molar-refractivity contribution in [3.8, 4) is 33.8 Å². The number of fused-ring (bicyclic) bond motifs is 4. The molecule has 3 aliphatic heterocycles. The molecule has 6 heterocycles. The van der Waals surface area contributed by atoms with Crippen LogP contribution in [0.5, 0.6) is 0 Å².